The normalized spacial score (nSPS) is 10.2. The highest BCUT2D eigenvalue weighted by atomic mass is 16.5. The molecule has 0 saturated heterocycles. The Bertz CT molecular complexity index is 720. The third kappa shape index (κ3) is 8.53. The number of rotatable bonds is 11. The van der Waals surface area contributed by atoms with Crippen LogP contribution in [0.1, 0.15) is 69.4 Å². The Morgan fingerprint density at radius 2 is 1.18 bits per heavy atom. The second-order valence-corrected chi connectivity index (χ2v) is 7.54. The first-order valence-corrected chi connectivity index (χ1v) is 10.7. The van der Waals surface area contributed by atoms with E-state index >= 15 is 0 Å². The summed E-state index contributed by atoms with van der Waals surface area (Å²) in [5.41, 5.74) is 3.22. The lowest BCUT2D eigenvalue weighted by Crippen LogP contribution is -2.07. The van der Waals surface area contributed by atoms with Crippen LogP contribution in [0.15, 0.2) is 48.5 Å². The molecule has 0 unspecified atom stereocenters. The van der Waals surface area contributed by atoms with Crippen LogP contribution in [0.4, 0.5) is 5.69 Å². The Hall–Kier alpha value is -2.40. The molecule has 0 aliphatic heterocycles. The van der Waals surface area contributed by atoms with E-state index in [0.717, 1.165) is 29.9 Å². The predicted molar refractivity (Wildman–Crippen MR) is 121 cm³/mol. The van der Waals surface area contributed by atoms with Gasteiger partial charge in [0, 0.05) is 30.9 Å². The summed E-state index contributed by atoms with van der Waals surface area (Å²) < 4.78 is 5.85. The summed E-state index contributed by atoms with van der Waals surface area (Å²) in [5.74, 6) is 7.38. The van der Waals surface area contributed by atoms with Crippen molar-refractivity contribution < 1.29 is 4.74 Å². The number of ether oxygens (including phenoxy) is 1. The van der Waals surface area contributed by atoms with Crippen LogP contribution in [0.2, 0.25) is 0 Å². The molecule has 2 aromatic carbocycles. The Morgan fingerprint density at radius 3 is 1.71 bits per heavy atom. The lowest BCUT2D eigenvalue weighted by atomic mass is 10.1. The molecule has 0 fully saturated rings. The van der Waals surface area contributed by atoms with E-state index in [9.17, 15) is 0 Å². The number of hydrogen-bond acceptors (Lipinski definition) is 2. The molecule has 2 nitrogen and oxygen atoms in total. The molecule has 0 aliphatic rings. The van der Waals surface area contributed by atoms with Crippen LogP contribution >= 0.6 is 0 Å². The molecule has 0 saturated carbocycles. The van der Waals surface area contributed by atoms with Crippen molar-refractivity contribution in [1.29, 1.82) is 0 Å². The summed E-state index contributed by atoms with van der Waals surface area (Å²) in [6, 6.07) is 16.4. The summed E-state index contributed by atoms with van der Waals surface area (Å²) in [7, 11) is 4.08. The van der Waals surface area contributed by atoms with Crippen LogP contribution < -0.4 is 9.64 Å². The van der Waals surface area contributed by atoms with E-state index in [1.807, 2.05) is 38.4 Å². The van der Waals surface area contributed by atoms with E-state index in [-0.39, 0.29) is 0 Å². The molecular formula is C26H35NO. The van der Waals surface area contributed by atoms with Gasteiger partial charge in [-0.05, 0) is 55.0 Å². The Balaban J connectivity index is 1.68. The highest BCUT2D eigenvalue weighted by Crippen LogP contribution is 2.14. The van der Waals surface area contributed by atoms with Crippen molar-refractivity contribution in [2.45, 2.75) is 58.3 Å². The average molecular weight is 378 g/mol. The largest absolute Gasteiger partial charge is 0.494 e. The number of unbranched alkanes of at least 4 members (excludes halogenated alkanes) is 7. The number of hydrogen-bond donors (Lipinski definition) is 0. The fourth-order valence-electron chi connectivity index (χ4n) is 3.05. The molecule has 0 N–H and O–H groups in total. The smallest absolute Gasteiger partial charge is 0.119 e. The second kappa shape index (κ2) is 12.9. The van der Waals surface area contributed by atoms with Crippen molar-refractivity contribution in [1.82, 2.24) is 0 Å². The SMILES string of the molecule is CCCCCCCCCCOc1ccc(C#Cc2ccc(N(C)C)cc2)cc1. The van der Waals surface area contributed by atoms with Crippen LogP contribution in [-0.4, -0.2) is 20.7 Å². The zero-order valence-electron chi connectivity index (χ0n) is 17.8. The first-order chi connectivity index (χ1) is 13.7. The molecule has 0 spiro atoms. The zero-order chi connectivity index (χ0) is 20.0. The lowest BCUT2D eigenvalue weighted by molar-refractivity contribution is 0.304. The monoisotopic (exact) mass is 377 g/mol. The van der Waals surface area contributed by atoms with Gasteiger partial charge < -0.3 is 9.64 Å². The van der Waals surface area contributed by atoms with Gasteiger partial charge in [0.1, 0.15) is 5.75 Å². The molecule has 2 aromatic rings. The predicted octanol–water partition coefficient (Wildman–Crippen LogP) is 6.67. The van der Waals surface area contributed by atoms with Gasteiger partial charge in [-0.3, -0.25) is 0 Å². The molecule has 0 radical (unpaired) electrons. The van der Waals surface area contributed by atoms with Gasteiger partial charge in [0.05, 0.1) is 6.61 Å². The molecule has 28 heavy (non-hydrogen) atoms. The van der Waals surface area contributed by atoms with E-state index in [2.05, 4.69) is 47.9 Å². The maximum Gasteiger partial charge on any atom is 0.119 e. The van der Waals surface area contributed by atoms with Crippen molar-refractivity contribution in [3.63, 3.8) is 0 Å². The van der Waals surface area contributed by atoms with Gasteiger partial charge in [-0.15, -0.1) is 0 Å². The number of benzene rings is 2. The van der Waals surface area contributed by atoms with E-state index < -0.39 is 0 Å². The Kier molecular flexibility index (Phi) is 10.1. The molecule has 0 aromatic heterocycles. The van der Waals surface area contributed by atoms with Crippen molar-refractivity contribution in [3.8, 4) is 17.6 Å². The van der Waals surface area contributed by atoms with Crippen molar-refractivity contribution in [2.75, 3.05) is 25.6 Å². The number of nitrogens with zero attached hydrogens (tertiary/aromatic N) is 1. The lowest BCUT2D eigenvalue weighted by Gasteiger charge is -2.11. The van der Waals surface area contributed by atoms with Crippen molar-refractivity contribution in [3.05, 3.63) is 59.7 Å². The molecule has 0 aliphatic carbocycles. The fourth-order valence-corrected chi connectivity index (χ4v) is 3.05. The minimum Gasteiger partial charge on any atom is -0.494 e. The van der Waals surface area contributed by atoms with Gasteiger partial charge in [-0.2, -0.15) is 0 Å². The first kappa shape index (κ1) is 21.9. The fraction of sp³-hybridized carbons (Fsp3) is 0.462. The quantitative estimate of drug-likeness (QED) is 0.320. The Morgan fingerprint density at radius 1 is 0.679 bits per heavy atom. The van der Waals surface area contributed by atoms with Crippen LogP contribution in [0.3, 0.4) is 0 Å². The van der Waals surface area contributed by atoms with Gasteiger partial charge in [0.15, 0.2) is 0 Å². The third-order valence-electron chi connectivity index (χ3n) is 4.86. The molecule has 0 amide bonds. The van der Waals surface area contributed by atoms with Crippen molar-refractivity contribution >= 4 is 5.69 Å². The highest BCUT2D eigenvalue weighted by molar-refractivity contribution is 5.51. The molecule has 150 valence electrons. The Labute approximate surface area is 171 Å². The maximum atomic E-state index is 5.85. The average Bonchev–Trinajstić information content (AvgIpc) is 2.72. The van der Waals surface area contributed by atoms with Gasteiger partial charge in [0.25, 0.3) is 0 Å². The zero-order valence-corrected chi connectivity index (χ0v) is 17.8. The summed E-state index contributed by atoms with van der Waals surface area (Å²) in [6.45, 7) is 3.07. The molecule has 2 rings (SSSR count). The van der Waals surface area contributed by atoms with Crippen LogP contribution in [0.5, 0.6) is 5.75 Å². The van der Waals surface area contributed by atoms with E-state index in [1.54, 1.807) is 0 Å². The molecule has 0 atom stereocenters. The summed E-state index contributed by atoms with van der Waals surface area (Å²) in [5, 5.41) is 0. The van der Waals surface area contributed by atoms with E-state index in [4.69, 9.17) is 4.74 Å². The van der Waals surface area contributed by atoms with Gasteiger partial charge in [-0.1, -0.05) is 63.7 Å². The molecular weight excluding hydrogens is 342 g/mol. The second-order valence-electron chi connectivity index (χ2n) is 7.54. The molecule has 0 bridgehead atoms. The first-order valence-electron chi connectivity index (χ1n) is 10.7. The van der Waals surface area contributed by atoms with Crippen molar-refractivity contribution in [2.24, 2.45) is 0 Å². The van der Waals surface area contributed by atoms with Crippen LogP contribution in [0, 0.1) is 11.8 Å². The summed E-state index contributed by atoms with van der Waals surface area (Å²) >= 11 is 0. The molecule has 2 heteroatoms. The topological polar surface area (TPSA) is 12.5 Å². The van der Waals surface area contributed by atoms with Crippen LogP contribution in [-0.2, 0) is 0 Å². The van der Waals surface area contributed by atoms with Crippen LogP contribution in [0.25, 0.3) is 0 Å². The highest BCUT2D eigenvalue weighted by Gasteiger charge is 1.96. The minimum atomic E-state index is 0.804. The molecule has 0 heterocycles. The van der Waals surface area contributed by atoms with E-state index in [1.165, 1.54) is 50.6 Å². The van der Waals surface area contributed by atoms with Gasteiger partial charge in [-0.25, -0.2) is 0 Å². The standard InChI is InChI=1S/C26H35NO/c1-4-5-6-7-8-9-10-11-22-28-26-20-16-24(17-21-26)13-12-23-14-18-25(19-15-23)27(2)3/h14-21H,4-11,22H2,1-3H3. The maximum absolute atomic E-state index is 5.85. The van der Waals surface area contributed by atoms with Gasteiger partial charge in [0.2, 0.25) is 0 Å². The summed E-state index contributed by atoms with van der Waals surface area (Å²) in [4.78, 5) is 2.09. The van der Waals surface area contributed by atoms with E-state index in [0.29, 0.717) is 0 Å². The van der Waals surface area contributed by atoms with Gasteiger partial charge >= 0.3 is 0 Å². The third-order valence-corrected chi connectivity index (χ3v) is 4.86. The number of anilines is 1. The summed E-state index contributed by atoms with van der Waals surface area (Å²) in [6.07, 6.45) is 10.6. The minimum absolute atomic E-state index is 0.804.